The predicted molar refractivity (Wildman–Crippen MR) is 97.4 cm³/mol. The molecule has 1 heterocycles. The van der Waals surface area contributed by atoms with Gasteiger partial charge in [-0.25, -0.2) is 4.98 Å². The summed E-state index contributed by atoms with van der Waals surface area (Å²) in [5, 5.41) is 4.00. The molecule has 120 valence electrons. The molecule has 0 unspecified atom stereocenters. The fraction of sp³-hybridized carbons (Fsp3) is 0.0667. The number of ketones is 1. The van der Waals surface area contributed by atoms with Gasteiger partial charge in [0, 0.05) is 18.0 Å². The van der Waals surface area contributed by atoms with Crippen LogP contribution in [0.2, 0.25) is 25.2 Å². The van der Waals surface area contributed by atoms with Crippen LogP contribution < -0.4 is 5.32 Å². The van der Waals surface area contributed by atoms with E-state index in [0.29, 0.717) is 21.4 Å². The molecule has 1 aromatic heterocycles. The molecule has 0 amide bonds. The van der Waals surface area contributed by atoms with E-state index in [1.807, 2.05) is 0 Å². The number of para-hydroxylation sites is 1. The number of benzene rings is 1. The third-order valence-electron chi connectivity index (χ3n) is 2.81. The van der Waals surface area contributed by atoms with Gasteiger partial charge in [-0.05, 0) is 19.1 Å². The molecular weight excluding hydrogens is 401 g/mol. The van der Waals surface area contributed by atoms with Crippen molar-refractivity contribution in [2.24, 2.45) is 0 Å². The number of pyridine rings is 1. The molecule has 23 heavy (non-hydrogen) atoms. The maximum absolute atomic E-state index is 12.4. The number of aromatic nitrogens is 1. The van der Waals surface area contributed by atoms with Crippen molar-refractivity contribution in [2.45, 2.75) is 6.92 Å². The van der Waals surface area contributed by atoms with Crippen molar-refractivity contribution >= 4 is 69.5 Å². The number of carbonyl (C=O) groups excluding carboxylic acids is 1. The number of rotatable bonds is 4. The van der Waals surface area contributed by atoms with Gasteiger partial charge in [0.25, 0.3) is 0 Å². The number of allylic oxidation sites excluding steroid dienone is 2. The lowest BCUT2D eigenvalue weighted by molar-refractivity contribution is 0.104. The van der Waals surface area contributed by atoms with Crippen molar-refractivity contribution in [3.8, 4) is 0 Å². The van der Waals surface area contributed by atoms with Crippen LogP contribution in [0, 0.1) is 0 Å². The molecular formula is C15H9Cl5N2O. The molecule has 1 N–H and O–H groups in total. The Morgan fingerprint density at radius 2 is 1.70 bits per heavy atom. The summed E-state index contributed by atoms with van der Waals surface area (Å²) >= 11 is 29.9. The molecule has 2 aromatic rings. The van der Waals surface area contributed by atoms with Crippen molar-refractivity contribution in [1.82, 2.24) is 4.98 Å². The lowest BCUT2D eigenvalue weighted by Crippen LogP contribution is -2.04. The third kappa shape index (κ3) is 4.31. The first-order valence-electron chi connectivity index (χ1n) is 6.24. The first-order chi connectivity index (χ1) is 10.8. The van der Waals surface area contributed by atoms with E-state index in [1.165, 1.54) is 12.3 Å². The zero-order valence-electron chi connectivity index (χ0n) is 11.6. The number of hydrogen-bond donors (Lipinski definition) is 1. The highest BCUT2D eigenvalue weighted by atomic mass is 35.5. The van der Waals surface area contributed by atoms with E-state index >= 15 is 0 Å². The standard InChI is InChI=1S/C15H9Cl5N2O/c1-7(22-14-8(16)3-2-4-9(14)17)5-11(23)12-13(19)10(18)6-21-15(12)20/h2-6,22H,1H3/b7-5+. The molecule has 2 rings (SSSR count). The summed E-state index contributed by atoms with van der Waals surface area (Å²) in [7, 11) is 0. The minimum atomic E-state index is -0.442. The SMILES string of the molecule is C/C(=C\C(=O)c1c(Cl)ncc(Cl)c1Cl)Nc1c(Cl)cccc1Cl. The normalized spacial score (nSPS) is 11.5. The number of halogens is 5. The minimum absolute atomic E-state index is 0.0239. The molecule has 3 nitrogen and oxygen atoms in total. The Labute approximate surface area is 158 Å². The lowest BCUT2D eigenvalue weighted by Gasteiger charge is -2.11. The molecule has 0 aliphatic rings. The highest BCUT2D eigenvalue weighted by Gasteiger charge is 2.17. The van der Waals surface area contributed by atoms with Gasteiger partial charge < -0.3 is 5.32 Å². The summed E-state index contributed by atoms with van der Waals surface area (Å²) in [5.74, 6) is -0.442. The maximum atomic E-state index is 12.4. The van der Waals surface area contributed by atoms with Crippen molar-refractivity contribution in [2.75, 3.05) is 5.32 Å². The Kier molecular flexibility index (Phi) is 6.18. The van der Waals surface area contributed by atoms with Gasteiger partial charge in [0.15, 0.2) is 5.78 Å². The largest absolute Gasteiger partial charge is 0.357 e. The van der Waals surface area contributed by atoms with Gasteiger partial charge in [0.1, 0.15) is 5.15 Å². The summed E-state index contributed by atoms with van der Waals surface area (Å²) in [4.78, 5) is 16.2. The van der Waals surface area contributed by atoms with Gasteiger partial charge in [0.05, 0.1) is 31.3 Å². The van der Waals surface area contributed by atoms with Crippen LogP contribution in [0.5, 0.6) is 0 Å². The maximum Gasteiger partial charge on any atom is 0.192 e. The van der Waals surface area contributed by atoms with Crippen molar-refractivity contribution in [3.05, 3.63) is 67.0 Å². The summed E-state index contributed by atoms with van der Waals surface area (Å²) in [6.07, 6.45) is 2.59. The molecule has 0 bridgehead atoms. The van der Waals surface area contributed by atoms with Crippen LogP contribution in [0.4, 0.5) is 5.69 Å². The van der Waals surface area contributed by atoms with E-state index in [1.54, 1.807) is 25.1 Å². The number of carbonyl (C=O) groups is 1. The average Bonchev–Trinajstić information content (AvgIpc) is 2.47. The molecule has 1 aromatic carbocycles. The fourth-order valence-corrected chi connectivity index (χ4v) is 2.93. The highest BCUT2D eigenvalue weighted by Crippen LogP contribution is 2.32. The second kappa shape index (κ2) is 7.73. The molecule has 0 saturated carbocycles. The van der Waals surface area contributed by atoms with E-state index in [9.17, 15) is 4.79 Å². The first kappa shape index (κ1) is 18.4. The van der Waals surface area contributed by atoms with Gasteiger partial charge >= 0.3 is 0 Å². The zero-order valence-corrected chi connectivity index (χ0v) is 15.4. The molecule has 0 aliphatic carbocycles. The Hall–Kier alpha value is -0.970. The first-order valence-corrected chi connectivity index (χ1v) is 8.13. The summed E-state index contributed by atoms with van der Waals surface area (Å²) in [6, 6.07) is 5.08. The van der Waals surface area contributed by atoms with Crippen LogP contribution in [0.15, 0.2) is 36.2 Å². The monoisotopic (exact) mass is 408 g/mol. The molecule has 0 radical (unpaired) electrons. The van der Waals surface area contributed by atoms with Crippen molar-refractivity contribution < 1.29 is 4.79 Å². The van der Waals surface area contributed by atoms with Gasteiger partial charge in [0.2, 0.25) is 0 Å². The Bertz CT molecular complexity index is 784. The second-order valence-electron chi connectivity index (χ2n) is 4.50. The molecule has 0 aliphatic heterocycles. The summed E-state index contributed by atoms with van der Waals surface area (Å²) < 4.78 is 0. The second-order valence-corrected chi connectivity index (χ2v) is 6.46. The topological polar surface area (TPSA) is 42.0 Å². The number of nitrogens with zero attached hydrogens (tertiary/aromatic N) is 1. The third-order valence-corrected chi connectivity index (χ3v) is 4.50. The molecule has 0 fully saturated rings. The number of anilines is 1. The van der Waals surface area contributed by atoms with Crippen LogP contribution in [-0.2, 0) is 0 Å². The van der Waals surface area contributed by atoms with Gasteiger partial charge in [-0.1, -0.05) is 64.1 Å². The smallest absolute Gasteiger partial charge is 0.192 e. The molecule has 8 heteroatoms. The highest BCUT2D eigenvalue weighted by molar-refractivity contribution is 6.46. The molecule has 0 saturated heterocycles. The average molecular weight is 411 g/mol. The van der Waals surface area contributed by atoms with E-state index in [4.69, 9.17) is 58.0 Å². The van der Waals surface area contributed by atoms with Crippen LogP contribution in [0.1, 0.15) is 17.3 Å². The van der Waals surface area contributed by atoms with Gasteiger partial charge in [-0.3, -0.25) is 4.79 Å². The Morgan fingerprint density at radius 1 is 1.09 bits per heavy atom. The van der Waals surface area contributed by atoms with E-state index in [-0.39, 0.29) is 20.8 Å². The van der Waals surface area contributed by atoms with Crippen LogP contribution >= 0.6 is 58.0 Å². The van der Waals surface area contributed by atoms with Crippen molar-refractivity contribution in [3.63, 3.8) is 0 Å². The summed E-state index contributed by atoms with van der Waals surface area (Å²) in [6.45, 7) is 1.68. The van der Waals surface area contributed by atoms with Gasteiger partial charge in [-0.15, -0.1) is 0 Å². The number of hydrogen-bond acceptors (Lipinski definition) is 3. The van der Waals surface area contributed by atoms with Crippen LogP contribution in [-0.4, -0.2) is 10.8 Å². The summed E-state index contributed by atoms with van der Waals surface area (Å²) in [5.41, 5.74) is 1.03. The van der Waals surface area contributed by atoms with Crippen LogP contribution in [0.25, 0.3) is 0 Å². The van der Waals surface area contributed by atoms with Gasteiger partial charge in [-0.2, -0.15) is 0 Å². The lowest BCUT2D eigenvalue weighted by atomic mass is 10.1. The fourth-order valence-electron chi connectivity index (χ4n) is 1.77. The van der Waals surface area contributed by atoms with E-state index in [2.05, 4.69) is 10.3 Å². The minimum Gasteiger partial charge on any atom is -0.357 e. The molecule has 0 spiro atoms. The number of nitrogens with one attached hydrogen (secondary N) is 1. The Balaban J connectivity index is 2.32. The molecule has 0 atom stereocenters. The van der Waals surface area contributed by atoms with Crippen LogP contribution in [0.3, 0.4) is 0 Å². The quantitative estimate of drug-likeness (QED) is 0.353. The van der Waals surface area contributed by atoms with E-state index in [0.717, 1.165) is 0 Å². The predicted octanol–water partition coefficient (Wildman–Crippen LogP) is 6.55. The van der Waals surface area contributed by atoms with E-state index < -0.39 is 5.78 Å². The zero-order chi connectivity index (χ0) is 17.1. The Morgan fingerprint density at radius 3 is 2.30 bits per heavy atom. The van der Waals surface area contributed by atoms with Crippen molar-refractivity contribution in [1.29, 1.82) is 0 Å².